The first-order chi connectivity index (χ1) is 15.5. The molecule has 0 bridgehead atoms. The molecule has 1 saturated heterocycles. The highest BCUT2D eigenvalue weighted by molar-refractivity contribution is 5.80. The van der Waals surface area contributed by atoms with Crippen LogP contribution in [-0.2, 0) is 20.7 Å². The zero-order valence-corrected chi connectivity index (χ0v) is 19.3. The van der Waals surface area contributed by atoms with Gasteiger partial charge in [-0.3, -0.25) is 4.79 Å². The van der Waals surface area contributed by atoms with Crippen LogP contribution in [0.5, 0.6) is 5.75 Å². The van der Waals surface area contributed by atoms with E-state index < -0.39 is 0 Å². The number of aliphatic hydroxyl groups excluding tert-OH is 1. The molecule has 6 nitrogen and oxygen atoms in total. The number of ether oxygens (including phenoxy) is 3. The molecular formula is C26H35NO5. The van der Waals surface area contributed by atoms with E-state index in [0.29, 0.717) is 25.1 Å². The molecule has 0 saturated carbocycles. The molecule has 0 aromatic heterocycles. The average Bonchev–Trinajstić information content (AvgIpc) is 2.98. The van der Waals surface area contributed by atoms with Gasteiger partial charge in [0.25, 0.3) is 0 Å². The van der Waals surface area contributed by atoms with Crippen molar-refractivity contribution in [2.75, 3.05) is 20.4 Å². The molecule has 0 spiro atoms. The van der Waals surface area contributed by atoms with Crippen LogP contribution in [0, 0.1) is 11.8 Å². The second kappa shape index (κ2) is 11.8. The zero-order chi connectivity index (χ0) is 22.9. The minimum absolute atomic E-state index is 0.0779. The van der Waals surface area contributed by atoms with E-state index in [2.05, 4.69) is 31.3 Å². The Hall–Kier alpha value is -2.73. The van der Waals surface area contributed by atoms with Gasteiger partial charge < -0.3 is 24.6 Å². The number of aliphatic hydroxyl groups is 1. The van der Waals surface area contributed by atoms with Gasteiger partial charge in [-0.2, -0.15) is 0 Å². The summed E-state index contributed by atoms with van der Waals surface area (Å²) in [6.45, 7) is 4.50. The second-order valence-corrected chi connectivity index (χ2v) is 8.51. The summed E-state index contributed by atoms with van der Waals surface area (Å²) in [7, 11) is 1.68. The second-order valence-electron chi connectivity index (χ2n) is 8.51. The first-order valence-corrected chi connectivity index (χ1v) is 11.4. The summed E-state index contributed by atoms with van der Waals surface area (Å²) in [6, 6.07) is 7.55. The number of hydrogen-bond donors (Lipinski definition) is 2. The van der Waals surface area contributed by atoms with Crippen molar-refractivity contribution in [3.8, 4) is 5.75 Å². The molecule has 3 rings (SSSR count). The van der Waals surface area contributed by atoms with E-state index in [0.717, 1.165) is 41.9 Å². The number of carbonyl (C=O) groups is 1. The van der Waals surface area contributed by atoms with Crippen molar-refractivity contribution in [3.05, 3.63) is 65.1 Å². The molecule has 2 N–H and O–H groups in total. The van der Waals surface area contributed by atoms with Crippen LogP contribution in [-0.4, -0.2) is 37.6 Å². The van der Waals surface area contributed by atoms with Crippen molar-refractivity contribution in [2.45, 2.75) is 52.1 Å². The van der Waals surface area contributed by atoms with Crippen molar-refractivity contribution in [1.29, 1.82) is 0 Å². The number of rotatable bonds is 10. The molecule has 0 radical (unpaired) electrons. The van der Waals surface area contributed by atoms with E-state index in [4.69, 9.17) is 19.3 Å². The van der Waals surface area contributed by atoms with Gasteiger partial charge in [-0.05, 0) is 61.6 Å². The number of carbonyl (C=O) groups excluding carboxylic acids is 1. The van der Waals surface area contributed by atoms with Crippen LogP contribution >= 0.6 is 0 Å². The van der Waals surface area contributed by atoms with Crippen LogP contribution in [0.1, 0.15) is 45.1 Å². The molecule has 1 aliphatic heterocycles. The molecule has 1 aliphatic carbocycles. The molecule has 1 aromatic rings. The summed E-state index contributed by atoms with van der Waals surface area (Å²) in [5.74, 6) is 2.52. The molecule has 3 atom stereocenters. The fourth-order valence-electron chi connectivity index (χ4n) is 4.35. The summed E-state index contributed by atoms with van der Waals surface area (Å²) in [4.78, 5) is 12.6. The zero-order valence-electron chi connectivity index (χ0n) is 19.3. The maximum Gasteiger partial charge on any atom is 0.223 e. The number of allylic oxidation sites excluding steroid dienone is 3. The van der Waals surface area contributed by atoms with Gasteiger partial charge in [0.1, 0.15) is 17.3 Å². The van der Waals surface area contributed by atoms with Crippen molar-refractivity contribution >= 4 is 5.91 Å². The standard InChI is InChI=1S/C26H35NO5/c1-4-6-18(2)32-25-14-20(9-10-23(15-25)30-3)22-13-21(26(29)27-16-22)11-19-7-5-8-24(12-19)31-17-28/h5,7-10,12,14,18,21-22,28H,4,6,11,13,15-17H2,1-3H3,(H,27,29)/t18?,21-,22-/m1/s1. The number of benzene rings is 1. The van der Waals surface area contributed by atoms with Gasteiger partial charge in [0.15, 0.2) is 6.79 Å². The van der Waals surface area contributed by atoms with E-state index in [-0.39, 0.29) is 30.6 Å². The Balaban J connectivity index is 1.75. The SMILES string of the molecule is CCCC(C)OC1=CC([C@H]2CNC(=O)[C@H](Cc3cccc(OCO)c3)C2)=CC=C(OC)C1. The van der Waals surface area contributed by atoms with Crippen LogP contribution in [0.2, 0.25) is 0 Å². The molecule has 32 heavy (non-hydrogen) atoms. The first kappa shape index (κ1) is 23.9. The molecule has 2 aliphatic rings. The topological polar surface area (TPSA) is 77.0 Å². The molecule has 1 amide bonds. The molecule has 1 aromatic carbocycles. The summed E-state index contributed by atoms with van der Waals surface area (Å²) in [5.41, 5.74) is 2.17. The van der Waals surface area contributed by atoms with Crippen LogP contribution in [0.25, 0.3) is 0 Å². The lowest BCUT2D eigenvalue weighted by molar-refractivity contribution is -0.127. The number of piperidine rings is 1. The third-order valence-corrected chi connectivity index (χ3v) is 5.99. The van der Waals surface area contributed by atoms with Gasteiger partial charge in [0.2, 0.25) is 5.91 Å². The Kier molecular flexibility index (Phi) is 8.80. The number of hydrogen-bond acceptors (Lipinski definition) is 5. The van der Waals surface area contributed by atoms with Gasteiger partial charge in [-0.15, -0.1) is 0 Å². The van der Waals surface area contributed by atoms with E-state index in [1.54, 1.807) is 13.2 Å². The summed E-state index contributed by atoms with van der Waals surface area (Å²) in [5, 5.41) is 12.1. The lowest BCUT2D eigenvalue weighted by Gasteiger charge is -2.30. The predicted octanol–water partition coefficient (Wildman–Crippen LogP) is 4.26. The fraction of sp³-hybridized carbons (Fsp3) is 0.500. The maximum atomic E-state index is 12.6. The fourth-order valence-corrected chi connectivity index (χ4v) is 4.35. The molecule has 1 unspecified atom stereocenters. The van der Waals surface area contributed by atoms with Gasteiger partial charge in [-0.1, -0.05) is 31.6 Å². The Labute approximate surface area is 190 Å². The molecular weight excluding hydrogens is 406 g/mol. The van der Waals surface area contributed by atoms with E-state index in [9.17, 15) is 4.79 Å². The Morgan fingerprint density at radius 3 is 2.84 bits per heavy atom. The highest BCUT2D eigenvalue weighted by atomic mass is 16.6. The van der Waals surface area contributed by atoms with Gasteiger partial charge >= 0.3 is 0 Å². The average molecular weight is 442 g/mol. The summed E-state index contributed by atoms with van der Waals surface area (Å²) >= 11 is 0. The Bertz CT molecular complexity index is 873. The van der Waals surface area contributed by atoms with Gasteiger partial charge in [0.05, 0.1) is 19.6 Å². The maximum absolute atomic E-state index is 12.6. The molecule has 174 valence electrons. The highest BCUT2D eigenvalue weighted by Gasteiger charge is 2.30. The first-order valence-electron chi connectivity index (χ1n) is 11.4. The number of amides is 1. The third kappa shape index (κ3) is 6.63. The van der Waals surface area contributed by atoms with Crippen molar-refractivity contribution < 1.29 is 24.1 Å². The predicted molar refractivity (Wildman–Crippen MR) is 124 cm³/mol. The van der Waals surface area contributed by atoms with Crippen LogP contribution < -0.4 is 10.1 Å². The lowest BCUT2D eigenvalue weighted by atomic mass is 9.81. The van der Waals surface area contributed by atoms with Gasteiger partial charge in [0, 0.05) is 18.4 Å². The minimum atomic E-state index is -0.367. The van der Waals surface area contributed by atoms with Crippen molar-refractivity contribution in [1.82, 2.24) is 5.32 Å². The molecule has 6 heteroatoms. The normalized spacial score (nSPS) is 22.0. The van der Waals surface area contributed by atoms with E-state index in [1.807, 2.05) is 24.3 Å². The van der Waals surface area contributed by atoms with Crippen LogP contribution in [0.4, 0.5) is 0 Å². The van der Waals surface area contributed by atoms with E-state index in [1.165, 1.54) is 0 Å². The van der Waals surface area contributed by atoms with Crippen molar-refractivity contribution in [3.63, 3.8) is 0 Å². The number of methoxy groups -OCH3 is 1. The Morgan fingerprint density at radius 1 is 1.25 bits per heavy atom. The monoisotopic (exact) mass is 441 g/mol. The Morgan fingerprint density at radius 2 is 2.09 bits per heavy atom. The summed E-state index contributed by atoms with van der Waals surface area (Å²) in [6.07, 6.45) is 10.5. The van der Waals surface area contributed by atoms with E-state index >= 15 is 0 Å². The smallest absolute Gasteiger partial charge is 0.223 e. The molecule has 1 fully saturated rings. The quantitative estimate of drug-likeness (QED) is 0.531. The highest BCUT2D eigenvalue weighted by Crippen LogP contribution is 2.32. The van der Waals surface area contributed by atoms with Crippen molar-refractivity contribution in [2.24, 2.45) is 11.8 Å². The van der Waals surface area contributed by atoms with Gasteiger partial charge in [-0.25, -0.2) is 0 Å². The number of nitrogens with one attached hydrogen (secondary N) is 1. The van der Waals surface area contributed by atoms with Crippen LogP contribution in [0.3, 0.4) is 0 Å². The molecule has 1 heterocycles. The largest absolute Gasteiger partial charge is 0.501 e. The van der Waals surface area contributed by atoms with Crippen LogP contribution in [0.15, 0.2) is 59.6 Å². The third-order valence-electron chi connectivity index (χ3n) is 5.99. The minimum Gasteiger partial charge on any atom is -0.501 e. The summed E-state index contributed by atoms with van der Waals surface area (Å²) < 4.78 is 16.9. The lowest BCUT2D eigenvalue weighted by Crippen LogP contribution is -2.42.